The SMILES string of the molecule is CN(C)C(CNC(=O)C(=O)Nc1ccc2c(c1)OCO2)c1ccccc1. The van der Waals surface area contributed by atoms with Crippen LogP contribution in [0.4, 0.5) is 5.69 Å². The van der Waals surface area contributed by atoms with Crippen LogP contribution in [0.25, 0.3) is 0 Å². The molecule has 0 aromatic heterocycles. The van der Waals surface area contributed by atoms with Gasteiger partial charge >= 0.3 is 11.8 Å². The first-order valence-corrected chi connectivity index (χ1v) is 8.25. The third-order valence-corrected chi connectivity index (χ3v) is 4.10. The van der Waals surface area contributed by atoms with Gasteiger partial charge in [0.05, 0.1) is 6.04 Å². The van der Waals surface area contributed by atoms with Crippen LogP contribution < -0.4 is 20.1 Å². The number of ether oxygens (including phenoxy) is 2. The zero-order valence-corrected chi connectivity index (χ0v) is 14.7. The van der Waals surface area contributed by atoms with Gasteiger partial charge in [-0.05, 0) is 31.8 Å². The molecule has 7 heteroatoms. The van der Waals surface area contributed by atoms with E-state index in [1.54, 1.807) is 18.2 Å². The molecule has 7 nitrogen and oxygen atoms in total. The first-order chi connectivity index (χ1) is 12.5. The van der Waals surface area contributed by atoms with Crippen LogP contribution in [-0.2, 0) is 9.59 Å². The molecule has 2 aromatic carbocycles. The minimum Gasteiger partial charge on any atom is -0.454 e. The Morgan fingerprint density at radius 2 is 1.77 bits per heavy atom. The quantitative estimate of drug-likeness (QED) is 0.799. The van der Waals surface area contributed by atoms with Gasteiger partial charge in [-0.25, -0.2) is 0 Å². The molecule has 0 radical (unpaired) electrons. The Morgan fingerprint density at radius 3 is 2.50 bits per heavy atom. The number of hydrogen-bond acceptors (Lipinski definition) is 5. The Morgan fingerprint density at radius 1 is 1.04 bits per heavy atom. The van der Waals surface area contributed by atoms with Gasteiger partial charge in [0.2, 0.25) is 6.79 Å². The minimum absolute atomic E-state index is 0.0292. The molecule has 1 heterocycles. The smallest absolute Gasteiger partial charge is 0.313 e. The second-order valence-electron chi connectivity index (χ2n) is 6.12. The maximum absolute atomic E-state index is 12.1. The maximum atomic E-state index is 12.1. The molecule has 2 aromatic rings. The van der Waals surface area contributed by atoms with E-state index in [2.05, 4.69) is 10.6 Å². The molecular weight excluding hydrogens is 334 g/mol. The van der Waals surface area contributed by atoms with Gasteiger partial charge in [0.1, 0.15) is 0 Å². The van der Waals surface area contributed by atoms with Crippen LogP contribution in [-0.4, -0.2) is 44.1 Å². The number of nitrogens with zero attached hydrogens (tertiary/aromatic N) is 1. The summed E-state index contributed by atoms with van der Waals surface area (Å²) in [6, 6.07) is 14.7. The van der Waals surface area contributed by atoms with Crippen molar-refractivity contribution in [1.82, 2.24) is 10.2 Å². The van der Waals surface area contributed by atoms with E-state index >= 15 is 0 Å². The lowest BCUT2D eigenvalue weighted by Gasteiger charge is -2.25. The molecule has 26 heavy (non-hydrogen) atoms. The number of carbonyl (C=O) groups excluding carboxylic acids is 2. The van der Waals surface area contributed by atoms with Crippen molar-refractivity contribution in [3.63, 3.8) is 0 Å². The second-order valence-corrected chi connectivity index (χ2v) is 6.12. The van der Waals surface area contributed by atoms with Crippen LogP contribution in [0.15, 0.2) is 48.5 Å². The molecule has 2 N–H and O–H groups in total. The van der Waals surface area contributed by atoms with Crippen molar-refractivity contribution < 1.29 is 19.1 Å². The van der Waals surface area contributed by atoms with E-state index in [1.807, 2.05) is 49.3 Å². The number of likely N-dealkylation sites (N-methyl/N-ethyl adjacent to an activating group) is 1. The van der Waals surface area contributed by atoms with Gasteiger partial charge in [-0.15, -0.1) is 0 Å². The van der Waals surface area contributed by atoms with Crippen molar-refractivity contribution in [3.05, 3.63) is 54.1 Å². The molecule has 1 atom stereocenters. The Balaban J connectivity index is 1.57. The first kappa shape index (κ1) is 17.8. The fourth-order valence-corrected chi connectivity index (χ4v) is 2.71. The predicted molar refractivity (Wildman–Crippen MR) is 97.1 cm³/mol. The molecule has 3 rings (SSSR count). The third kappa shape index (κ3) is 4.12. The first-order valence-electron chi connectivity index (χ1n) is 8.25. The Kier molecular flexibility index (Phi) is 5.38. The van der Waals surface area contributed by atoms with Crippen LogP contribution in [0.2, 0.25) is 0 Å². The predicted octanol–water partition coefficient (Wildman–Crippen LogP) is 1.77. The second kappa shape index (κ2) is 7.88. The molecule has 0 spiro atoms. The summed E-state index contributed by atoms with van der Waals surface area (Å²) in [5, 5.41) is 5.25. The van der Waals surface area contributed by atoms with Crippen LogP contribution in [0, 0.1) is 0 Å². The summed E-state index contributed by atoms with van der Waals surface area (Å²) in [6.07, 6.45) is 0. The summed E-state index contributed by atoms with van der Waals surface area (Å²) in [5.74, 6) is -0.260. The number of fused-ring (bicyclic) bond motifs is 1. The number of nitrogens with one attached hydrogen (secondary N) is 2. The number of benzene rings is 2. The molecule has 1 aliphatic heterocycles. The minimum atomic E-state index is -0.727. The Bertz CT molecular complexity index is 793. The molecule has 0 saturated carbocycles. The van der Waals surface area contributed by atoms with Crippen LogP contribution >= 0.6 is 0 Å². The number of rotatable bonds is 5. The Labute approximate surface area is 151 Å². The van der Waals surface area contributed by atoms with Crippen molar-refractivity contribution in [1.29, 1.82) is 0 Å². The maximum Gasteiger partial charge on any atom is 0.313 e. The zero-order chi connectivity index (χ0) is 18.5. The fraction of sp³-hybridized carbons (Fsp3) is 0.263. The third-order valence-electron chi connectivity index (χ3n) is 4.10. The lowest BCUT2D eigenvalue weighted by atomic mass is 10.1. The van der Waals surface area contributed by atoms with Crippen molar-refractivity contribution in [2.24, 2.45) is 0 Å². The van der Waals surface area contributed by atoms with E-state index in [4.69, 9.17) is 9.47 Å². The van der Waals surface area contributed by atoms with Gasteiger partial charge in [0, 0.05) is 18.3 Å². The van der Waals surface area contributed by atoms with E-state index in [1.165, 1.54) is 0 Å². The topological polar surface area (TPSA) is 79.9 Å². The molecule has 2 amide bonds. The van der Waals surface area contributed by atoms with Crippen LogP contribution in [0.1, 0.15) is 11.6 Å². The highest BCUT2D eigenvalue weighted by Gasteiger charge is 2.20. The van der Waals surface area contributed by atoms with E-state index in [-0.39, 0.29) is 12.8 Å². The standard InChI is InChI=1S/C19H21N3O4/c1-22(2)15(13-6-4-3-5-7-13)11-20-18(23)19(24)21-14-8-9-16-17(10-14)26-12-25-16/h3-10,15H,11-12H2,1-2H3,(H,20,23)(H,21,24). The van der Waals surface area contributed by atoms with E-state index in [0.717, 1.165) is 5.56 Å². The summed E-state index contributed by atoms with van der Waals surface area (Å²) in [6.45, 7) is 0.475. The summed E-state index contributed by atoms with van der Waals surface area (Å²) in [5.41, 5.74) is 1.54. The molecular formula is C19H21N3O4. The number of carbonyl (C=O) groups is 2. The molecule has 0 bridgehead atoms. The van der Waals surface area contributed by atoms with E-state index < -0.39 is 11.8 Å². The van der Waals surface area contributed by atoms with Crippen molar-refractivity contribution in [2.45, 2.75) is 6.04 Å². The summed E-state index contributed by atoms with van der Waals surface area (Å²) >= 11 is 0. The van der Waals surface area contributed by atoms with Crippen LogP contribution in [0.3, 0.4) is 0 Å². The summed E-state index contributed by atoms with van der Waals surface area (Å²) < 4.78 is 10.5. The fourth-order valence-electron chi connectivity index (χ4n) is 2.71. The molecule has 1 aliphatic rings. The highest BCUT2D eigenvalue weighted by atomic mass is 16.7. The molecule has 0 fully saturated rings. The van der Waals surface area contributed by atoms with Crippen molar-refractivity contribution >= 4 is 17.5 Å². The lowest BCUT2D eigenvalue weighted by Crippen LogP contribution is -2.40. The molecule has 0 saturated heterocycles. The number of hydrogen-bond donors (Lipinski definition) is 2. The normalized spacial score (nSPS) is 13.3. The monoisotopic (exact) mass is 355 g/mol. The lowest BCUT2D eigenvalue weighted by molar-refractivity contribution is -0.136. The number of amides is 2. The summed E-state index contributed by atoms with van der Waals surface area (Å²) in [7, 11) is 3.85. The van der Waals surface area contributed by atoms with Crippen LogP contribution in [0.5, 0.6) is 11.5 Å². The van der Waals surface area contributed by atoms with Gasteiger partial charge < -0.3 is 25.0 Å². The van der Waals surface area contributed by atoms with E-state index in [9.17, 15) is 9.59 Å². The Hall–Kier alpha value is -3.06. The highest BCUT2D eigenvalue weighted by molar-refractivity contribution is 6.39. The number of anilines is 1. The highest BCUT2D eigenvalue weighted by Crippen LogP contribution is 2.34. The van der Waals surface area contributed by atoms with Gasteiger partial charge in [-0.2, -0.15) is 0 Å². The molecule has 0 aliphatic carbocycles. The molecule has 136 valence electrons. The zero-order valence-electron chi connectivity index (χ0n) is 14.7. The van der Waals surface area contributed by atoms with Gasteiger partial charge in [-0.3, -0.25) is 9.59 Å². The summed E-state index contributed by atoms with van der Waals surface area (Å²) in [4.78, 5) is 26.3. The average Bonchev–Trinajstić information content (AvgIpc) is 3.10. The van der Waals surface area contributed by atoms with Gasteiger partial charge in [0.15, 0.2) is 11.5 Å². The largest absolute Gasteiger partial charge is 0.454 e. The van der Waals surface area contributed by atoms with E-state index in [0.29, 0.717) is 23.7 Å². The average molecular weight is 355 g/mol. The van der Waals surface area contributed by atoms with Crippen molar-refractivity contribution in [2.75, 3.05) is 32.7 Å². The van der Waals surface area contributed by atoms with Gasteiger partial charge in [-0.1, -0.05) is 30.3 Å². The van der Waals surface area contributed by atoms with Gasteiger partial charge in [0.25, 0.3) is 0 Å². The molecule has 1 unspecified atom stereocenters. The van der Waals surface area contributed by atoms with Crippen molar-refractivity contribution in [3.8, 4) is 11.5 Å².